The lowest BCUT2D eigenvalue weighted by molar-refractivity contribution is 0.187. The van der Waals surface area contributed by atoms with Crippen molar-refractivity contribution in [2.75, 3.05) is 26.0 Å². The lowest BCUT2D eigenvalue weighted by Crippen LogP contribution is -2.40. The van der Waals surface area contributed by atoms with Crippen molar-refractivity contribution in [2.24, 2.45) is 4.99 Å². The second-order valence-electron chi connectivity index (χ2n) is 6.88. The van der Waals surface area contributed by atoms with Gasteiger partial charge < -0.3 is 15.4 Å². The monoisotopic (exact) mass is 384 g/mol. The Bertz CT molecular complexity index is 848. The van der Waals surface area contributed by atoms with E-state index in [0.717, 1.165) is 24.0 Å². The van der Waals surface area contributed by atoms with Gasteiger partial charge in [-0.15, -0.1) is 0 Å². The van der Waals surface area contributed by atoms with Crippen LogP contribution in [0, 0.1) is 5.82 Å². The number of benzene rings is 2. The molecule has 2 aromatic rings. The topological polar surface area (TPSA) is 74.8 Å². The first-order chi connectivity index (χ1) is 13.5. The maximum Gasteiger partial charge on any atom is 0.411 e. The fourth-order valence-electron chi connectivity index (χ4n) is 3.07. The number of carbonyl (C=O) groups excluding carboxylic acids is 1. The van der Waals surface area contributed by atoms with E-state index >= 15 is 0 Å². The number of ether oxygens (including phenoxy) is 1. The average Bonchev–Trinajstić information content (AvgIpc) is 3.50. The second-order valence-corrected chi connectivity index (χ2v) is 6.88. The molecule has 1 amide bonds. The largest absolute Gasteiger partial charge is 0.453 e. The highest BCUT2D eigenvalue weighted by molar-refractivity contribution is 5.84. The van der Waals surface area contributed by atoms with Gasteiger partial charge in [-0.2, -0.15) is 0 Å². The van der Waals surface area contributed by atoms with Gasteiger partial charge in [-0.3, -0.25) is 10.3 Å². The smallest absolute Gasteiger partial charge is 0.411 e. The van der Waals surface area contributed by atoms with Gasteiger partial charge in [-0.25, -0.2) is 9.18 Å². The fraction of sp³-hybridized carbons (Fsp3) is 0.333. The Morgan fingerprint density at radius 1 is 1.18 bits per heavy atom. The highest BCUT2D eigenvalue weighted by Crippen LogP contribution is 2.47. The lowest BCUT2D eigenvalue weighted by atomic mass is 9.96. The van der Waals surface area contributed by atoms with Crippen molar-refractivity contribution in [1.82, 2.24) is 10.6 Å². The van der Waals surface area contributed by atoms with Gasteiger partial charge in [0, 0.05) is 31.2 Å². The average molecular weight is 384 g/mol. The lowest BCUT2D eigenvalue weighted by Gasteiger charge is -2.19. The molecule has 0 saturated heterocycles. The Morgan fingerprint density at radius 2 is 1.93 bits per heavy atom. The molecule has 0 bridgehead atoms. The van der Waals surface area contributed by atoms with Gasteiger partial charge >= 0.3 is 6.09 Å². The van der Waals surface area contributed by atoms with Crippen LogP contribution in [0.4, 0.5) is 14.9 Å². The third kappa shape index (κ3) is 5.00. The molecule has 1 saturated carbocycles. The van der Waals surface area contributed by atoms with Crippen LogP contribution in [0.1, 0.15) is 24.0 Å². The van der Waals surface area contributed by atoms with Crippen molar-refractivity contribution >= 4 is 17.7 Å². The van der Waals surface area contributed by atoms with Crippen molar-refractivity contribution in [3.05, 3.63) is 65.5 Å². The number of rotatable bonds is 6. The van der Waals surface area contributed by atoms with Crippen LogP contribution in [0.3, 0.4) is 0 Å². The SMILES string of the molecule is CN=C(NCc1ccc(NC(=O)OC)cc1)NCC1(c2cccc(F)c2)CC1. The van der Waals surface area contributed by atoms with Gasteiger partial charge in [0.15, 0.2) is 5.96 Å². The fourth-order valence-corrected chi connectivity index (χ4v) is 3.07. The molecule has 28 heavy (non-hydrogen) atoms. The van der Waals surface area contributed by atoms with Crippen LogP contribution < -0.4 is 16.0 Å². The Labute approximate surface area is 164 Å². The number of guanidine groups is 1. The Hall–Kier alpha value is -3.09. The van der Waals surface area contributed by atoms with Gasteiger partial charge in [-0.05, 0) is 48.2 Å². The minimum atomic E-state index is -0.497. The zero-order valence-corrected chi connectivity index (χ0v) is 16.1. The second kappa shape index (κ2) is 8.73. The van der Waals surface area contributed by atoms with E-state index in [-0.39, 0.29) is 11.2 Å². The van der Waals surface area contributed by atoms with Crippen LogP contribution in [-0.4, -0.2) is 32.8 Å². The highest BCUT2D eigenvalue weighted by Gasteiger charge is 2.44. The number of aliphatic imine (C=N–C) groups is 1. The predicted octanol–water partition coefficient (Wildman–Crippen LogP) is 3.40. The summed E-state index contributed by atoms with van der Waals surface area (Å²) in [7, 11) is 3.05. The molecule has 1 aliphatic rings. The van der Waals surface area contributed by atoms with Crippen molar-refractivity contribution in [2.45, 2.75) is 24.8 Å². The molecule has 0 aromatic heterocycles. The van der Waals surface area contributed by atoms with E-state index in [1.807, 2.05) is 30.3 Å². The molecular weight excluding hydrogens is 359 g/mol. The molecule has 3 N–H and O–H groups in total. The molecule has 0 heterocycles. The number of anilines is 1. The first kappa shape index (κ1) is 19.7. The number of amides is 1. The molecule has 0 atom stereocenters. The Kier molecular flexibility index (Phi) is 6.13. The normalized spacial score (nSPS) is 14.9. The van der Waals surface area contributed by atoms with E-state index in [4.69, 9.17) is 0 Å². The molecular formula is C21H25FN4O2. The summed E-state index contributed by atoms with van der Waals surface area (Å²) >= 11 is 0. The number of methoxy groups -OCH3 is 1. The minimum Gasteiger partial charge on any atom is -0.453 e. The molecule has 0 spiro atoms. The maximum absolute atomic E-state index is 13.5. The summed E-state index contributed by atoms with van der Waals surface area (Å²) in [6.45, 7) is 1.29. The van der Waals surface area contributed by atoms with Crippen molar-refractivity contribution in [3.8, 4) is 0 Å². The summed E-state index contributed by atoms with van der Waals surface area (Å²) in [5.74, 6) is 0.496. The molecule has 148 valence electrons. The van der Waals surface area contributed by atoms with Gasteiger partial charge in [0.05, 0.1) is 7.11 Å². The molecule has 0 radical (unpaired) electrons. The summed E-state index contributed by atoms with van der Waals surface area (Å²) in [4.78, 5) is 15.5. The zero-order chi connectivity index (χ0) is 20.0. The number of carbonyl (C=O) groups is 1. The summed E-state index contributed by atoms with van der Waals surface area (Å²) in [6, 6.07) is 14.3. The molecule has 0 aliphatic heterocycles. The van der Waals surface area contributed by atoms with Crippen LogP contribution in [0.15, 0.2) is 53.5 Å². The maximum atomic E-state index is 13.5. The standard InChI is InChI=1S/C21H25FN4O2/c1-23-19(24-13-15-6-8-18(9-7-15)26-20(27)28-2)25-14-21(10-11-21)16-4-3-5-17(22)12-16/h3-9,12H,10-11,13-14H2,1-2H3,(H,26,27)(H2,23,24,25). The summed E-state index contributed by atoms with van der Waals surface area (Å²) < 4.78 is 18.1. The van der Waals surface area contributed by atoms with E-state index in [9.17, 15) is 9.18 Å². The van der Waals surface area contributed by atoms with E-state index in [1.165, 1.54) is 13.2 Å². The number of hydrogen-bond donors (Lipinski definition) is 3. The van der Waals surface area contributed by atoms with E-state index in [2.05, 4.69) is 25.7 Å². The molecule has 0 unspecified atom stereocenters. The minimum absolute atomic E-state index is 0.0130. The van der Waals surface area contributed by atoms with Gasteiger partial charge in [-0.1, -0.05) is 24.3 Å². The molecule has 7 heteroatoms. The summed E-state index contributed by atoms with van der Waals surface area (Å²) in [5.41, 5.74) is 2.73. The number of hydrogen-bond acceptors (Lipinski definition) is 3. The van der Waals surface area contributed by atoms with Crippen LogP contribution in [0.5, 0.6) is 0 Å². The van der Waals surface area contributed by atoms with E-state index in [0.29, 0.717) is 24.7 Å². The third-order valence-corrected chi connectivity index (χ3v) is 4.95. The van der Waals surface area contributed by atoms with Gasteiger partial charge in [0.2, 0.25) is 0 Å². The summed E-state index contributed by atoms with van der Waals surface area (Å²) in [6.07, 6.45) is 1.58. The molecule has 6 nitrogen and oxygen atoms in total. The number of nitrogens with zero attached hydrogens (tertiary/aromatic N) is 1. The van der Waals surface area contributed by atoms with Crippen molar-refractivity contribution in [1.29, 1.82) is 0 Å². The predicted molar refractivity (Wildman–Crippen MR) is 108 cm³/mol. The van der Waals surface area contributed by atoms with Crippen LogP contribution in [0.25, 0.3) is 0 Å². The van der Waals surface area contributed by atoms with Crippen LogP contribution >= 0.6 is 0 Å². The van der Waals surface area contributed by atoms with Crippen LogP contribution in [0.2, 0.25) is 0 Å². The zero-order valence-electron chi connectivity index (χ0n) is 16.1. The summed E-state index contributed by atoms with van der Waals surface area (Å²) in [5, 5.41) is 9.24. The Morgan fingerprint density at radius 3 is 2.54 bits per heavy atom. The number of halogens is 1. The van der Waals surface area contributed by atoms with Gasteiger partial charge in [0.1, 0.15) is 5.82 Å². The van der Waals surface area contributed by atoms with E-state index < -0.39 is 6.09 Å². The first-order valence-electron chi connectivity index (χ1n) is 9.19. The number of nitrogens with one attached hydrogen (secondary N) is 3. The highest BCUT2D eigenvalue weighted by atomic mass is 19.1. The quantitative estimate of drug-likeness (QED) is 0.527. The van der Waals surface area contributed by atoms with Crippen LogP contribution in [-0.2, 0) is 16.7 Å². The van der Waals surface area contributed by atoms with Crippen molar-refractivity contribution in [3.63, 3.8) is 0 Å². The molecule has 1 aliphatic carbocycles. The Balaban J connectivity index is 1.51. The van der Waals surface area contributed by atoms with Crippen molar-refractivity contribution < 1.29 is 13.9 Å². The molecule has 3 rings (SSSR count). The molecule has 1 fully saturated rings. The van der Waals surface area contributed by atoms with E-state index in [1.54, 1.807) is 19.2 Å². The third-order valence-electron chi connectivity index (χ3n) is 4.95. The first-order valence-corrected chi connectivity index (χ1v) is 9.19. The van der Waals surface area contributed by atoms with Gasteiger partial charge in [0.25, 0.3) is 0 Å². The molecule has 2 aromatic carbocycles.